The van der Waals surface area contributed by atoms with Crippen LogP contribution in [0, 0.1) is 0 Å². The van der Waals surface area contributed by atoms with Crippen molar-refractivity contribution in [2.24, 2.45) is 0 Å². The molecule has 1 aromatic carbocycles. The Kier molecular flexibility index (Phi) is 6.05. The lowest BCUT2D eigenvalue weighted by atomic mass is 10.3. The van der Waals surface area contributed by atoms with Gasteiger partial charge < -0.3 is 4.74 Å². The Balaban J connectivity index is 1.47. The quantitative estimate of drug-likeness (QED) is 0.557. The summed E-state index contributed by atoms with van der Waals surface area (Å²) in [6.07, 6.45) is 5.01. The third kappa shape index (κ3) is 4.93. The molecule has 0 aliphatic carbocycles. The minimum Gasteiger partial charge on any atom is -0.379 e. The van der Waals surface area contributed by atoms with Gasteiger partial charge in [0, 0.05) is 37.7 Å². The summed E-state index contributed by atoms with van der Waals surface area (Å²) in [5.41, 5.74) is 0.976. The van der Waals surface area contributed by atoms with E-state index in [2.05, 4.69) is 14.8 Å². The van der Waals surface area contributed by atoms with Gasteiger partial charge in [-0.15, -0.1) is 0 Å². The van der Waals surface area contributed by atoms with Crippen LogP contribution in [0.25, 0.3) is 0 Å². The maximum absolute atomic E-state index is 12.7. The van der Waals surface area contributed by atoms with Crippen LogP contribution in [-0.2, 0) is 31.3 Å². The molecule has 0 saturated carbocycles. The van der Waals surface area contributed by atoms with E-state index in [0.29, 0.717) is 19.8 Å². The van der Waals surface area contributed by atoms with Gasteiger partial charge >= 0.3 is 0 Å². The molecule has 3 aromatic rings. The molecule has 1 aliphatic rings. The van der Waals surface area contributed by atoms with E-state index >= 15 is 0 Å². The number of rotatable bonds is 7. The normalized spacial score (nSPS) is 15.6. The Bertz CT molecular complexity index is 1240. The van der Waals surface area contributed by atoms with Gasteiger partial charge in [0.1, 0.15) is 0 Å². The highest BCUT2D eigenvalue weighted by atomic mass is 32.2. The molecule has 0 radical (unpaired) electrons. The van der Waals surface area contributed by atoms with Gasteiger partial charge in [0.25, 0.3) is 10.0 Å². The van der Waals surface area contributed by atoms with Crippen molar-refractivity contribution in [2.75, 3.05) is 31.0 Å². The molecule has 31 heavy (non-hydrogen) atoms. The molecule has 12 heteroatoms. The maximum Gasteiger partial charge on any atom is 0.263 e. The van der Waals surface area contributed by atoms with Gasteiger partial charge in [-0.3, -0.25) is 14.4 Å². The highest BCUT2D eigenvalue weighted by Crippen LogP contribution is 2.21. The zero-order valence-electron chi connectivity index (χ0n) is 16.5. The average Bonchev–Trinajstić information content (AvgIpc) is 3.21. The topological polar surface area (TPSA) is 123 Å². The summed E-state index contributed by atoms with van der Waals surface area (Å²) in [5.74, 6) is 0.166. The highest BCUT2D eigenvalue weighted by molar-refractivity contribution is 7.92. The Morgan fingerprint density at radius 3 is 2.23 bits per heavy atom. The summed E-state index contributed by atoms with van der Waals surface area (Å²) in [7, 11) is -7.62. The Hall–Kier alpha value is -2.80. The fourth-order valence-electron chi connectivity index (χ4n) is 3.10. The summed E-state index contributed by atoms with van der Waals surface area (Å²) in [6, 6.07) is 10.4. The monoisotopic (exact) mass is 463 g/mol. The predicted octanol–water partition coefficient (Wildman–Crippen LogP) is 1.15. The van der Waals surface area contributed by atoms with Crippen LogP contribution in [0.4, 0.5) is 5.82 Å². The molecule has 0 amide bonds. The van der Waals surface area contributed by atoms with Gasteiger partial charge in [-0.2, -0.15) is 9.40 Å². The predicted molar refractivity (Wildman–Crippen MR) is 112 cm³/mol. The van der Waals surface area contributed by atoms with E-state index in [0.717, 1.165) is 5.56 Å². The average molecular weight is 464 g/mol. The number of hydrogen-bond donors (Lipinski definition) is 1. The molecule has 0 bridgehead atoms. The SMILES string of the molecule is O=S(=O)(Nc1ccn(Cc2ccncc2)n1)c1ccc(S(=O)(=O)N2CCOCC2)cc1. The lowest BCUT2D eigenvalue weighted by Gasteiger charge is -2.26. The minimum absolute atomic E-state index is 0.0370. The zero-order chi connectivity index (χ0) is 21.9. The molecule has 4 rings (SSSR count). The van der Waals surface area contributed by atoms with Gasteiger partial charge in [0.2, 0.25) is 10.0 Å². The summed E-state index contributed by atoms with van der Waals surface area (Å²) in [6.45, 7) is 1.68. The smallest absolute Gasteiger partial charge is 0.263 e. The van der Waals surface area contributed by atoms with E-state index in [-0.39, 0.29) is 28.7 Å². The molecule has 164 valence electrons. The molecule has 1 fully saturated rings. The first-order chi connectivity index (χ1) is 14.8. The number of benzene rings is 1. The van der Waals surface area contributed by atoms with Crippen LogP contribution in [-0.4, -0.2) is 62.2 Å². The van der Waals surface area contributed by atoms with E-state index in [1.54, 1.807) is 29.3 Å². The number of anilines is 1. The number of sulfonamides is 2. The second kappa shape index (κ2) is 8.75. The molecular formula is C19H21N5O5S2. The van der Waals surface area contributed by atoms with Gasteiger partial charge in [-0.25, -0.2) is 16.8 Å². The van der Waals surface area contributed by atoms with Gasteiger partial charge in [0.15, 0.2) is 5.82 Å². The van der Waals surface area contributed by atoms with Crippen LogP contribution in [0.2, 0.25) is 0 Å². The molecule has 10 nitrogen and oxygen atoms in total. The van der Waals surface area contributed by atoms with E-state index < -0.39 is 20.0 Å². The molecular weight excluding hydrogens is 442 g/mol. The van der Waals surface area contributed by atoms with Crippen LogP contribution in [0.1, 0.15) is 5.56 Å². The molecule has 3 heterocycles. The van der Waals surface area contributed by atoms with Crippen LogP contribution in [0.3, 0.4) is 0 Å². The molecule has 0 spiro atoms. The highest BCUT2D eigenvalue weighted by Gasteiger charge is 2.27. The third-order valence-electron chi connectivity index (χ3n) is 4.72. The van der Waals surface area contributed by atoms with Crippen molar-refractivity contribution in [2.45, 2.75) is 16.3 Å². The fraction of sp³-hybridized carbons (Fsp3) is 0.263. The van der Waals surface area contributed by atoms with Crippen molar-refractivity contribution in [3.63, 3.8) is 0 Å². The number of nitrogens with zero attached hydrogens (tertiary/aromatic N) is 4. The van der Waals surface area contributed by atoms with Crippen LogP contribution in [0.15, 0.2) is 70.8 Å². The lowest BCUT2D eigenvalue weighted by molar-refractivity contribution is 0.0730. The number of ether oxygens (including phenoxy) is 1. The summed E-state index contributed by atoms with van der Waals surface area (Å²) < 4.78 is 61.3. The summed E-state index contributed by atoms with van der Waals surface area (Å²) in [5, 5.41) is 4.23. The van der Waals surface area contributed by atoms with Crippen LogP contribution in [0.5, 0.6) is 0 Å². The number of morpholine rings is 1. The van der Waals surface area contributed by atoms with Gasteiger partial charge in [0.05, 0.1) is 29.5 Å². The molecule has 0 atom stereocenters. The van der Waals surface area contributed by atoms with Crippen molar-refractivity contribution in [3.05, 3.63) is 66.6 Å². The minimum atomic E-state index is -3.92. The first-order valence-corrected chi connectivity index (χ1v) is 12.4. The van der Waals surface area contributed by atoms with Gasteiger partial charge in [-0.1, -0.05) is 0 Å². The standard InChI is InChI=1S/C19H21N5O5S2/c25-30(26,22-19-7-10-23(21-19)15-16-5-8-20-9-6-16)17-1-3-18(4-2-17)31(27,28)24-11-13-29-14-12-24/h1-10H,11-15H2,(H,21,22). The Morgan fingerprint density at radius 2 is 1.55 bits per heavy atom. The third-order valence-corrected chi connectivity index (χ3v) is 8.00. The number of hydrogen-bond acceptors (Lipinski definition) is 7. The zero-order valence-corrected chi connectivity index (χ0v) is 18.1. The van der Waals surface area contributed by atoms with Crippen molar-refractivity contribution in [1.82, 2.24) is 19.1 Å². The molecule has 0 unspecified atom stereocenters. The first kappa shape index (κ1) is 21.4. The van der Waals surface area contributed by atoms with E-state index in [1.165, 1.54) is 28.6 Å². The number of pyridine rings is 1. The largest absolute Gasteiger partial charge is 0.379 e. The van der Waals surface area contributed by atoms with Crippen molar-refractivity contribution in [1.29, 1.82) is 0 Å². The Labute approximate surface area is 180 Å². The second-order valence-corrected chi connectivity index (χ2v) is 10.5. The van der Waals surface area contributed by atoms with E-state index in [4.69, 9.17) is 4.74 Å². The molecule has 2 aromatic heterocycles. The van der Waals surface area contributed by atoms with Crippen molar-refractivity contribution >= 4 is 25.9 Å². The number of aromatic nitrogens is 3. The van der Waals surface area contributed by atoms with Crippen LogP contribution >= 0.6 is 0 Å². The first-order valence-electron chi connectivity index (χ1n) is 9.48. The number of nitrogens with one attached hydrogen (secondary N) is 1. The second-order valence-electron chi connectivity index (χ2n) is 6.85. The maximum atomic E-state index is 12.7. The Morgan fingerprint density at radius 1 is 0.903 bits per heavy atom. The molecule has 1 saturated heterocycles. The van der Waals surface area contributed by atoms with Crippen molar-refractivity contribution < 1.29 is 21.6 Å². The molecule has 1 N–H and O–H groups in total. The summed E-state index contributed by atoms with van der Waals surface area (Å²) >= 11 is 0. The van der Waals surface area contributed by atoms with Crippen LogP contribution < -0.4 is 4.72 Å². The van der Waals surface area contributed by atoms with E-state index in [9.17, 15) is 16.8 Å². The summed E-state index contributed by atoms with van der Waals surface area (Å²) in [4.78, 5) is 3.93. The van der Waals surface area contributed by atoms with Gasteiger partial charge in [-0.05, 0) is 42.0 Å². The van der Waals surface area contributed by atoms with Crippen molar-refractivity contribution in [3.8, 4) is 0 Å². The van der Waals surface area contributed by atoms with E-state index in [1.807, 2.05) is 12.1 Å². The fourth-order valence-corrected chi connectivity index (χ4v) is 5.51. The molecule has 1 aliphatic heterocycles. The lowest BCUT2D eigenvalue weighted by Crippen LogP contribution is -2.40.